The predicted octanol–water partition coefficient (Wildman–Crippen LogP) is 1.79. The topological polar surface area (TPSA) is 75.3 Å². The number of carbonyl (C=O) groups is 1. The second kappa shape index (κ2) is 5.97. The summed E-state index contributed by atoms with van der Waals surface area (Å²) < 4.78 is 28.1. The summed E-state index contributed by atoms with van der Waals surface area (Å²) in [5.41, 5.74) is 0.976. The van der Waals surface area contributed by atoms with Crippen molar-refractivity contribution < 1.29 is 13.2 Å². The molecule has 1 aromatic rings. The van der Waals surface area contributed by atoms with E-state index < -0.39 is 10.2 Å². The van der Waals surface area contributed by atoms with Gasteiger partial charge in [0.05, 0.1) is 0 Å². The van der Waals surface area contributed by atoms with Gasteiger partial charge in [-0.15, -0.1) is 0 Å². The molecule has 0 amide bonds. The minimum atomic E-state index is -3.55. The van der Waals surface area contributed by atoms with Crippen LogP contribution in [0.15, 0.2) is 24.3 Å². The average molecular weight is 270 g/mol. The van der Waals surface area contributed by atoms with Crippen molar-refractivity contribution in [3.63, 3.8) is 0 Å². The quantitative estimate of drug-likeness (QED) is 0.774. The van der Waals surface area contributed by atoms with Crippen LogP contribution >= 0.6 is 0 Å². The zero-order valence-electron chi connectivity index (χ0n) is 10.7. The van der Waals surface area contributed by atoms with Crippen LogP contribution in [0.25, 0.3) is 0 Å². The lowest BCUT2D eigenvalue weighted by Crippen LogP contribution is -2.32. The third-order valence-corrected chi connectivity index (χ3v) is 3.28. The van der Waals surface area contributed by atoms with Gasteiger partial charge in [-0.25, -0.2) is 0 Å². The standard InChI is InChI=1S/C12H18N2O3S/c1-9(2)8-13-18(16,17)14-12-6-4-11(5-7-12)10(3)15/h4-7,9,13-14H,8H2,1-3H3. The molecule has 1 aromatic carbocycles. The van der Waals surface area contributed by atoms with Crippen LogP contribution in [0.4, 0.5) is 5.69 Å². The number of nitrogens with one attached hydrogen (secondary N) is 2. The Morgan fingerprint density at radius 1 is 1.22 bits per heavy atom. The molecule has 0 aromatic heterocycles. The molecule has 0 bridgehead atoms. The molecule has 0 aliphatic heterocycles. The third-order valence-electron chi connectivity index (χ3n) is 2.23. The zero-order valence-corrected chi connectivity index (χ0v) is 11.5. The first-order valence-corrected chi connectivity index (χ1v) is 7.17. The fourth-order valence-electron chi connectivity index (χ4n) is 1.24. The van der Waals surface area contributed by atoms with E-state index in [1.165, 1.54) is 6.92 Å². The lowest BCUT2D eigenvalue weighted by Gasteiger charge is -2.11. The van der Waals surface area contributed by atoms with Crippen LogP contribution in [-0.2, 0) is 10.2 Å². The van der Waals surface area contributed by atoms with Crippen molar-refractivity contribution in [1.29, 1.82) is 0 Å². The molecule has 2 N–H and O–H groups in total. The summed E-state index contributed by atoms with van der Waals surface area (Å²) in [6.07, 6.45) is 0. The van der Waals surface area contributed by atoms with Crippen LogP contribution < -0.4 is 9.44 Å². The van der Waals surface area contributed by atoms with Crippen molar-refractivity contribution in [3.8, 4) is 0 Å². The Morgan fingerprint density at radius 2 is 1.78 bits per heavy atom. The number of carbonyl (C=O) groups excluding carboxylic acids is 1. The Kier molecular flexibility index (Phi) is 4.86. The summed E-state index contributed by atoms with van der Waals surface area (Å²) in [7, 11) is -3.55. The van der Waals surface area contributed by atoms with Crippen molar-refractivity contribution in [2.24, 2.45) is 5.92 Å². The Bertz CT molecular complexity index is 507. The molecule has 0 aliphatic rings. The third kappa shape index (κ3) is 4.85. The number of rotatable bonds is 6. The summed E-state index contributed by atoms with van der Waals surface area (Å²) in [6, 6.07) is 6.29. The summed E-state index contributed by atoms with van der Waals surface area (Å²) in [5, 5.41) is 0. The van der Waals surface area contributed by atoms with Crippen molar-refractivity contribution in [3.05, 3.63) is 29.8 Å². The molecule has 0 unspecified atom stereocenters. The minimum absolute atomic E-state index is 0.0534. The van der Waals surface area contributed by atoms with Crippen LogP contribution in [-0.4, -0.2) is 20.7 Å². The molecule has 18 heavy (non-hydrogen) atoms. The van der Waals surface area contributed by atoms with Gasteiger partial charge >= 0.3 is 0 Å². The lowest BCUT2D eigenvalue weighted by atomic mass is 10.1. The van der Waals surface area contributed by atoms with Crippen molar-refractivity contribution >= 4 is 21.7 Å². The maximum atomic E-state index is 11.6. The van der Waals surface area contributed by atoms with Crippen molar-refractivity contribution in [1.82, 2.24) is 4.72 Å². The summed E-state index contributed by atoms with van der Waals surface area (Å²) in [6.45, 7) is 5.68. The van der Waals surface area contributed by atoms with E-state index in [4.69, 9.17) is 0 Å². The first-order chi connectivity index (χ1) is 8.30. The number of Topliss-reactive ketones (excluding diaryl/α,β-unsaturated/α-hetero) is 1. The second-order valence-corrected chi connectivity index (χ2v) is 5.98. The van der Waals surface area contributed by atoms with Gasteiger partial charge in [0.25, 0.3) is 10.2 Å². The van der Waals surface area contributed by atoms with Gasteiger partial charge in [-0.2, -0.15) is 13.1 Å². The molecule has 0 heterocycles. The van der Waals surface area contributed by atoms with Crippen LogP contribution in [0.5, 0.6) is 0 Å². The molecular formula is C12H18N2O3S. The largest absolute Gasteiger partial charge is 0.299 e. The molecule has 0 radical (unpaired) electrons. The Labute approximate surface area is 108 Å². The van der Waals surface area contributed by atoms with Crippen LogP contribution in [0.3, 0.4) is 0 Å². The van der Waals surface area contributed by atoms with Crippen LogP contribution in [0.1, 0.15) is 31.1 Å². The van der Waals surface area contributed by atoms with Crippen molar-refractivity contribution in [2.75, 3.05) is 11.3 Å². The monoisotopic (exact) mass is 270 g/mol. The first-order valence-electron chi connectivity index (χ1n) is 5.68. The van der Waals surface area contributed by atoms with Gasteiger partial charge < -0.3 is 0 Å². The summed E-state index contributed by atoms with van der Waals surface area (Å²) in [5.74, 6) is 0.184. The Balaban J connectivity index is 2.69. The van der Waals surface area contributed by atoms with Crippen molar-refractivity contribution in [2.45, 2.75) is 20.8 Å². The number of anilines is 1. The van der Waals surface area contributed by atoms with E-state index in [1.54, 1.807) is 24.3 Å². The molecule has 0 saturated heterocycles. The van der Waals surface area contributed by atoms with Gasteiger partial charge in [-0.1, -0.05) is 13.8 Å². The van der Waals surface area contributed by atoms with E-state index in [2.05, 4.69) is 9.44 Å². The number of ketones is 1. The normalized spacial score (nSPS) is 11.6. The maximum absolute atomic E-state index is 11.6. The van der Waals surface area contributed by atoms with Gasteiger partial charge in [0, 0.05) is 17.8 Å². The van der Waals surface area contributed by atoms with Gasteiger partial charge in [0.15, 0.2) is 5.78 Å². The average Bonchev–Trinajstić information content (AvgIpc) is 2.27. The molecule has 0 atom stereocenters. The molecule has 1 rings (SSSR count). The van der Waals surface area contributed by atoms with Crippen LogP contribution in [0.2, 0.25) is 0 Å². The van der Waals surface area contributed by atoms with E-state index in [0.29, 0.717) is 17.8 Å². The maximum Gasteiger partial charge on any atom is 0.299 e. The Hall–Kier alpha value is -1.40. The number of benzene rings is 1. The second-order valence-electron chi connectivity index (χ2n) is 4.48. The SMILES string of the molecule is CC(=O)c1ccc(NS(=O)(=O)NCC(C)C)cc1. The van der Waals surface area contributed by atoms with Gasteiger partial charge in [-0.3, -0.25) is 9.52 Å². The predicted molar refractivity (Wildman–Crippen MR) is 71.8 cm³/mol. The minimum Gasteiger partial charge on any atom is -0.295 e. The highest BCUT2D eigenvalue weighted by molar-refractivity contribution is 7.90. The van der Waals surface area contributed by atoms with E-state index in [-0.39, 0.29) is 11.7 Å². The fourth-order valence-corrected chi connectivity index (χ4v) is 2.31. The summed E-state index contributed by atoms with van der Waals surface area (Å²) in [4.78, 5) is 11.1. The van der Waals surface area contributed by atoms with E-state index in [1.807, 2.05) is 13.8 Å². The molecule has 6 heteroatoms. The number of hydrogen-bond acceptors (Lipinski definition) is 3. The molecule has 100 valence electrons. The molecule has 0 aliphatic carbocycles. The summed E-state index contributed by atoms with van der Waals surface area (Å²) >= 11 is 0. The highest BCUT2D eigenvalue weighted by Gasteiger charge is 2.10. The van der Waals surface area contributed by atoms with Gasteiger partial charge in [0.1, 0.15) is 0 Å². The fraction of sp³-hybridized carbons (Fsp3) is 0.417. The molecular weight excluding hydrogens is 252 g/mol. The first kappa shape index (κ1) is 14.7. The lowest BCUT2D eigenvalue weighted by molar-refractivity contribution is 0.101. The number of hydrogen-bond donors (Lipinski definition) is 2. The van der Waals surface area contributed by atoms with Crippen LogP contribution in [0, 0.1) is 5.92 Å². The zero-order chi connectivity index (χ0) is 13.8. The Morgan fingerprint density at radius 3 is 2.22 bits per heavy atom. The van der Waals surface area contributed by atoms with E-state index in [9.17, 15) is 13.2 Å². The molecule has 0 saturated carbocycles. The highest BCUT2D eigenvalue weighted by Crippen LogP contribution is 2.11. The van der Waals surface area contributed by atoms with E-state index >= 15 is 0 Å². The van der Waals surface area contributed by atoms with Gasteiger partial charge in [0.2, 0.25) is 0 Å². The highest BCUT2D eigenvalue weighted by atomic mass is 32.2. The van der Waals surface area contributed by atoms with E-state index in [0.717, 1.165) is 0 Å². The molecule has 0 spiro atoms. The molecule has 5 nitrogen and oxygen atoms in total. The smallest absolute Gasteiger partial charge is 0.295 e. The van der Waals surface area contributed by atoms with Gasteiger partial charge in [-0.05, 0) is 37.1 Å². The molecule has 0 fully saturated rings.